The van der Waals surface area contributed by atoms with Gasteiger partial charge in [0, 0.05) is 0 Å². The van der Waals surface area contributed by atoms with Gasteiger partial charge in [-0.15, -0.1) is 0 Å². The third-order valence-electron chi connectivity index (χ3n) is 2.90. The van der Waals surface area contributed by atoms with Crippen LogP contribution in [0, 0.1) is 0 Å². The van der Waals surface area contributed by atoms with Gasteiger partial charge >= 0.3 is 0 Å². The second-order valence-electron chi connectivity index (χ2n) is 4.75. The van der Waals surface area contributed by atoms with Crippen LogP contribution in [-0.2, 0) is 11.4 Å². The van der Waals surface area contributed by atoms with E-state index in [-0.39, 0.29) is 0 Å². The van der Waals surface area contributed by atoms with E-state index in [1.165, 1.54) is 13.1 Å². The lowest BCUT2D eigenvalue weighted by molar-refractivity contribution is -0.128. The van der Waals surface area contributed by atoms with Crippen molar-refractivity contribution < 1.29 is 14.6 Å². The first-order valence-corrected chi connectivity index (χ1v) is 6.93. The van der Waals surface area contributed by atoms with Gasteiger partial charge in [0.05, 0.1) is 6.21 Å². The molecule has 1 amide bonds. The first kappa shape index (κ1) is 15.7. The van der Waals surface area contributed by atoms with Crippen molar-refractivity contribution in [1.29, 1.82) is 0 Å². The van der Waals surface area contributed by atoms with Gasteiger partial charge in [-0.3, -0.25) is 4.79 Å². The molecular weight excluding hydrogens is 280 g/mol. The van der Waals surface area contributed by atoms with Crippen LogP contribution < -0.4 is 10.2 Å². The van der Waals surface area contributed by atoms with Crippen LogP contribution in [0.2, 0.25) is 0 Å². The zero-order valence-corrected chi connectivity index (χ0v) is 12.3. The van der Waals surface area contributed by atoms with Crippen LogP contribution in [0.3, 0.4) is 0 Å². The van der Waals surface area contributed by atoms with Crippen molar-refractivity contribution in [3.8, 4) is 5.75 Å². The zero-order chi connectivity index (χ0) is 15.8. The van der Waals surface area contributed by atoms with E-state index in [1.54, 1.807) is 0 Å². The van der Waals surface area contributed by atoms with E-state index < -0.39 is 12.0 Å². The second kappa shape index (κ2) is 7.95. The molecule has 0 spiro atoms. The molecular formula is C17H18N2O3. The van der Waals surface area contributed by atoms with Crippen LogP contribution >= 0.6 is 0 Å². The van der Waals surface area contributed by atoms with Crippen LogP contribution in [0.4, 0.5) is 0 Å². The minimum absolute atomic E-state index is 0.513. The Balaban J connectivity index is 1.85. The second-order valence-corrected chi connectivity index (χ2v) is 4.75. The Morgan fingerprint density at radius 1 is 1.23 bits per heavy atom. The number of aliphatic hydroxyl groups excluding tert-OH is 1. The normalized spacial score (nSPS) is 12.1. The van der Waals surface area contributed by atoms with Crippen LogP contribution in [0.15, 0.2) is 59.7 Å². The lowest BCUT2D eigenvalue weighted by Gasteiger charge is -2.06. The summed E-state index contributed by atoms with van der Waals surface area (Å²) < 4.78 is 5.67. The molecule has 2 aromatic rings. The number of benzene rings is 2. The zero-order valence-electron chi connectivity index (χ0n) is 12.3. The third-order valence-corrected chi connectivity index (χ3v) is 2.90. The Hall–Kier alpha value is -2.66. The van der Waals surface area contributed by atoms with E-state index in [0.717, 1.165) is 16.9 Å². The molecule has 2 rings (SSSR count). The predicted molar refractivity (Wildman–Crippen MR) is 84.6 cm³/mol. The number of hydrogen-bond acceptors (Lipinski definition) is 4. The molecule has 114 valence electrons. The largest absolute Gasteiger partial charge is 0.489 e. The summed E-state index contributed by atoms with van der Waals surface area (Å²) in [6.45, 7) is 1.89. The molecule has 0 heterocycles. The first-order valence-electron chi connectivity index (χ1n) is 6.93. The van der Waals surface area contributed by atoms with Crippen molar-refractivity contribution in [2.24, 2.45) is 5.10 Å². The summed E-state index contributed by atoms with van der Waals surface area (Å²) in [5.41, 5.74) is 4.16. The molecule has 0 radical (unpaired) electrons. The number of carbonyl (C=O) groups is 1. The molecule has 5 nitrogen and oxygen atoms in total. The summed E-state index contributed by atoms with van der Waals surface area (Å²) >= 11 is 0. The predicted octanol–water partition coefficient (Wildman–Crippen LogP) is 2.10. The summed E-state index contributed by atoms with van der Waals surface area (Å²) in [5, 5.41) is 12.8. The molecule has 0 bridgehead atoms. The number of hydrazone groups is 1. The fourth-order valence-corrected chi connectivity index (χ4v) is 1.65. The van der Waals surface area contributed by atoms with Crippen LogP contribution in [0.5, 0.6) is 5.75 Å². The molecule has 0 aliphatic carbocycles. The van der Waals surface area contributed by atoms with E-state index in [9.17, 15) is 4.79 Å². The highest BCUT2D eigenvalue weighted by Gasteiger charge is 2.05. The van der Waals surface area contributed by atoms with Crippen molar-refractivity contribution in [1.82, 2.24) is 5.43 Å². The van der Waals surface area contributed by atoms with Gasteiger partial charge in [-0.2, -0.15) is 5.10 Å². The summed E-state index contributed by atoms with van der Waals surface area (Å²) in [5.74, 6) is 0.216. The van der Waals surface area contributed by atoms with Crippen LogP contribution in [-0.4, -0.2) is 23.3 Å². The Kier molecular flexibility index (Phi) is 5.68. The molecule has 0 saturated heterocycles. The van der Waals surface area contributed by atoms with Crippen LogP contribution in [0.25, 0.3) is 0 Å². The minimum atomic E-state index is -1.08. The third kappa shape index (κ3) is 5.03. The highest BCUT2D eigenvalue weighted by molar-refractivity contribution is 5.84. The van der Waals surface area contributed by atoms with Crippen molar-refractivity contribution in [2.75, 3.05) is 0 Å². The standard InChI is InChI=1S/C17H18N2O3/c1-13(20)17(21)19-18-11-14-7-9-16(10-8-14)22-12-15-5-3-2-4-6-15/h2-11,13,20H,12H2,1H3,(H,19,21)/b18-11+. The van der Waals surface area contributed by atoms with Gasteiger partial charge in [-0.25, -0.2) is 5.43 Å². The average molecular weight is 298 g/mol. The van der Waals surface area contributed by atoms with Gasteiger partial charge in [0.25, 0.3) is 5.91 Å². The highest BCUT2D eigenvalue weighted by atomic mass is 16.5. The Morgan fingerprint density at radius 3 is 2.55 bits per heavy atom. The maximum absolute atomic E-state index is 11.1. The van der Waals surface area contributed by atoms with Gasteiger partial charge in [0.2, 0.25) is 0 Å². The number of ether oxygens (including phenoxy) is 1. The van der Waals surface area contributed by atoms with Gasteiger partial charge in [0.1, 0.15) is 18.5 Å². The number of nitrogens with zero attached hydrogens (tertiary/aromatic N) is 1. The van der Waals surface area contributed by atoms with Crippen molar-refractivity contribution in [2.45, 2.75) is 19.6 Å². The maximum atomic E-state index is 11.1. The van der Waals surface area contributed by atoms with Gasteiger partial charge in [0.15, 0.2) is 0 Å². The van der Waals surface area contributed by atoms with Gasteiger partial charge < -0.3 is 9.84 Å². The fraction of sp³-hybridized carbons (Fsp3) is 0.176. The summed E-state index contributed by atoms with van der Waals surface area (Å²) in [7, 11) is 0. The number of amides is 1. The molecule has 1 atom stereocenters. The van der Waals surface area contributed by atoms with E-state index in [2.05, 4.69) is 10.5 Å². The topological polar surface area (TPSA) is 70.9 Å². The summed E-state index contributed by atoms with van der Waals surface area (Å²) in [4.78, 5) is 11.1. The molecule has 2 aromatic carbocycles. The molecule has 22 heavy (non-hydrogen) atoms. The van der Waals surface area contributed by atoms with Gasteiger partial charge in [-0.05, 0) is 42.3 Å². The van der Waals surface area contributed by atoms with Crippen molar-refractivity contribution >= 4 is 12.1 Å². The molecule has 0 aliphatic heterocycles. The highest BCUT2D eigenvalue weighted by Crippen LogP contribution is 2.13. The van der Waals surface area contributed by atoms with Gasteiger partial charge in [-0.1, -0.05) is 30.3 Å². The molecule has 0 aliphatic rings. The molecule has 2 N–H and O–H groups in total. The van der Waals surface area contributed by atoms with Crippen molar-refractivity contribution in [3.63, 3.8) is 0 Å². The van der Waals surface area contributed by atoms with E-state index in [1.807, 2.05) is 54.6 Å². The Bertz CT molecular complexity index is 622. The van der Waals surface area contributed by atoms with Crippen molar-refractivity contribution in [3.05, 3.63) is 65.7 Å². The quantitative estimate of drug-likeness (QED) is 0.634. The molecule has 0 aromatic heterocycles. The lowest BCUT2D eigenvalue weighted by atomic mass is 10.2. The van der Waals surface area contributed by atoms with E-state index >= 15 is 0 Å². The minimum Gasteiger partial charge on any atom is -0.489 e. The van der Waals surface area contributed by atoms with Crippen LogP contribution in [0.1, 0.15) is 18.1 Å². The number of hydrogen-bond donors (Lipinski definition) is 2. The van der Waals surface area contributed by atoms with E-state index in [0.29, 0.717) is 6.61 Å². The summed E-state index contributed by atoms with van der Waals surface area (Å²) in [6.07, 6.45) is 0.423. The Morgan fingerprint density at radius 2 is 1.91 bits per heavy atom. The molecule has 0 saturated carbocycles. The fourth-order valence-electron chi connectivity index (χ4n) is 1.65. The smallest absolute Gasteiger partial charge is 0.268 e. The summed E-state index contributed by atoms with van der Waals surface area (Å²) in [6, 6.07) is 17.3. The molecule has 1 unspecified atom stereocenters. The maximum Gasteiger partial charge on any atom is 0.268 e. The number of nitrogens with one attached hydrogen (secondary N) is 1. The first-order chi connectivity index (χ1) is 10.6. The van der Waals surface area contributed by atoms with E-state index in [4.69, 9.17) is 9.84 Å². The number of rotatable bonds is 6. The molecule has 5 heteroatoms. The number of carbonyl (C=O) groups excluding carboxylic acids is 1. The monoisotopic (exact) mass is 298 g/mol. The number of aliphatic hydroxyl groups is 1. The Labute approximate surface area is 129 Å². The average Bonchev–Trinajstić information content (AvgIpc) is 2.55. The lowest BCUT2D eigenvalue weighted by Crippen LogP contribution is -2.28. The molecule has 0 fully saturated rings. The SMILES string of the molecule is CC(O)C(=O)N/N=C/c1ccc(OCc2ccccc2)cc1.